The predicted molar refractivity (Wildman–Crippen MR) is 103 cm³/mol. The van der Waals surface area contributed by atoms with Gasteiger partial charge in [-0.3, -0.25) is 0 Å². The van der Waals surface area contributed by atoms with Gasteiger partial charge in [-0.2, -0.15) is 0 Å². The quantitative estimate of drug-likeness (QED) is 0.858. The Kier molecular flexibility index (Phi) is 5.68. The van der Waals surface area contributed by atoms with E-state index in [-0.39, 0.29) is 17.4 Å². The second kappa shape index (κ2) is 7.18. The van der Waals surface area contributed by atoms with E-state index >= 15 is 0 Å². The van der Waals surface area contributed by atoms with Gasteiger partial charge in [0, 0.05) is 13.1 Å². The molecule has 1 aliphatic rings. The first-order valence-corrected chi connectivity index (χ1v) is 9.94. The summed E-state index contributed by atoms with van der Waals surface area (Å²) in [7, 11) is -2.32. The van der Waals surface area contributed by atoms with Crippen LogP contribution in [0.5, 0.6) is 0 Å². The molecule has 1 N–H and O–H groups in total. The molecular weight excluding hydrogens is 322 g/mol. The Morgan fingerprint density at radius 2 is 1.30 bits per heavy atom. The van der Waals surface area contributed by atoms with Crippen molar-refractivity contribution in [3.63, 3.8) is 0 Å². The first-order chi connectivity index (χ1) is 10.5. The molecule has 1 fully saturated rings. The molecule has 0 amide bonds. The smallest absolute Gasteiger partial charge is 0.261 e. The van der Waals surface area contributed by atoms with E-state index in [1.807, 2.05) is 0 Å². The van der Waals surface area contributed by atoms with Gasteiger partial charge in [0.25, 0.3) is 8.32 Å². The molecule has 0 radical (unpaired) electrons. The Balaban J connectivity index is 0.00000192. The Morgan fingerprint density at radius 3 is 1.61 bits per heavy atom. The molecule has 0 atom stereocenters. The Morgan fingerprint density at radius 1 is 0.870 bits per heavy atom. The first kappa shape index (κ1) is 18.2. The summed E-state index contributed by atoms with van der Waals surface area (Å²) in [5.74, 6) is 0. The largest absolute Gasteiger partial charge is 0.402 e. The topological polar surface area (TPSA) is 21.3 Å². The van der Waals surface area contributed by atoms with Gasteiger partial charge >= 0.3 is 0 Å². The molecule has 0 unspecified atom stereocenters. The van der Waals surface area contributed by atoms with Crippen molar-refractivity contribution in [2.75, 3.05) is 13.1 Å². The minimum absolute atomic E-state index is 0. The van der Waals surface area contributed by atoms with Gasteiger partial charge in [-0.25, -0.2) is 0 Å². The van der Waals surface area contributed by atoms with E-state index in [9.17, 15) is 0 Å². The van der Waals surface area contributed by atoms with Gasteiger partial charge in [-0.05, 0) is 15.4 Å². The molecule has 124 valence electrons. The number of hydrogen-bond donors (Lipinski definition) is 1. The zero-order chi connectivity index (χ0) is 15.6. The fourth-order valence-corrected chi connectivity index (χ4v) is 7.97. The second-order valence-electron chi connectivity index (χ2n) is 7.06. The van der Waals surface area contributed by atoms with Crippen molar-refractivity contribution in [2.45, 2.75) is 31.9 Å². The number of rotatable bonds is 4. The maximum Gasteiger partial charge on any atom is 0.261 e. The zero-order valence-electron chi connectivity index (χ0n) is 14.1. The third kappa shape index (κ3) is 3.38. The molecule has 0 saturated carbocycles. The summed E-state index contributed by atoms with van der Waals surface area (Å²) in [6.45, 7) is 8.90. The van der Waals surface area contributed by atoms with Crippen LogP contribution in [0.4, 0.5) is 0 Å². The third-order valence-corrected chi connectivity index (χ3v) is 9.60. The SMILES string of the molecule is CC(C)(C)[Si](OC1CNC1)(c1ccccc1)c1ccccc1.Cl. The maximum absolute atomic E-state index is 6.89. The normalized spacial score (nSPS) is 15.6. The number of halogens is 1. The van der Waals surface area contributed by atoms with Gasteiger partial charge in [0.15, 0.2) is 0 Å². The maximum atomic E-state index is 6.89. The molecule has 2 aromatic carbocycles. The number of hydrogen-bond acceptors (Lipinski definition) is 2. The predicted octanol–water partition coefficient (Wildman–Crippen LogP) is 2.96. The van der Waals surface area contributed by atoms with Crippen LogP contribution < -0.4 is 15.7 Å². The average Bonchev–Trinajstić information content (AvgIpc) is 2.47. The zero-order valence-corrected chi connectivity index (χ0v) is 15.9. The monoisotopic (exact) mass is 347 g/mol. The molecular formula is C19H26ClNOSi. The highest BCUT2D eigenvalue weighted by Gasteiger charge is 2.51. The first-order valence-electron chi connectivity index (χ1n) is 8.03. The molecule has 23 heavy (non-hydrogen) atoms. The van der Waals surface area contributed by atoms with E-state index < -0.39 is 8.32 Å². The summed E-state index contributed by atoms with van der Waals surface area (Å²) in [6, 6.07) is 21.7. The third-order valence-electron chi connectivity index (χ3n) is 4.50. The average molecular weight is 348 g/mol. The molecule has 1 saturated heterocycles. The fourth-order valence-electron chi connectivity index (χ4n) is 3.29. The summed E-state index contributed by atoms with van der Waals surface area (Å²) in [4.78, 5) is 0. The molecule has 4 heteroatoms. The molecule has 1 aliphatic heterocycles. The molecule has 3 rings (SSSR count). The highest BCUT2D eigenvalue weighted by Crippen LogP contribution is 2.37. The van der Waals surface area contributed by atoms with Gasteiger partial charge in [-0.1, -0.05) is 81.4 Å². The lowest BCUT2D eigenvalue weighted by Gasteiger charge is -2.47. The van der Waals surface area contributed by atoms with Gasteiger partial charge < -0.3 is 9.74 Å². The Labute approximate surface area is 146 Å². The summed E-state index contributed by atoms with van der Waals surface area (Å²) in [5, 5.41) is 6.13. The van der Waals surface area contributed by atoms with E-state index in [2.05, 4.69) is 86.8 Å². The van der Waals surface area contributed by atoms with E-state index in [0.717, 1.165) is 13.1 Å². The number of benzene rings is 2. The van der Waals surface area contributed by atoms with Crippen LogP contribution in [0, 0.1) is 0 Å². The lowest BCUT2D eigenvalue weighted by Crippen LogP contribution is -2.70. The lowest BCUT2D eigenvalue weighted by atomic mass is 10.2. The van der Waals surface area contributed by atoms with Crippen LogP contribution in [0.2, 0.25) is 5.04 Å². The Hall–Kier alpha value is -1.13. The summed E-state index contributed by atoms with van der Waals surface area (Å²) in [5.41, 5.74) is 0. The van der Waals surface area contributed by atoms with Crippen molar-refractivity contribution in [3.05, 3.63) is 60.7 Å². The Bertz CT molecular complexity index is 569. The fraction of sp³-hybridized carbons (Fsp3) is 0.368. The van der Waals surface area contributed by atoms with Crippen LogP contribution in [0.1, 0.15) is 20.8 Å². The second-order valence-corrected chi connectivity index (χ2v) is 11.3. The van der Waals surface area contributed by atoms with Crippen LogP contribution in [-0.2, 0) is 4.43 Å². The van der Waals surface area contributed by atoms with Crippen LogP contribution >= 0.6 is 12.4 Å². The summed E-state index contributed by atoms with van der Waals surface area (Å²) in [6.07, 6.45) is 0.325. The van der Waals surface area contributed by atoms with Crippen molar-refractivity contribution in [2.24, 2.45) is 0 Å². The van der Waals surface area contributed by atoms with E-state index in [0.29, 0.717) is 6.10 Å². The summed E-state index contributed by atoms with van der Waals surface area (Å²) < 4.78 is 6.89. The van der Waals surface area contributed by atoms with Crippen LogP contribution in [0.3, 0.4) is 0 Å². The van der Waals surface area contributed by atoms with Crippen molar-refractivity contribution in [3.8, 4) is 0 Å². The van der Waals surface area contributed by atoms with Crippen molar-refractivity contribution in [1.29, 1.82) is 0 Å². The lowest BCUT2D eigenvalue weighted by molar-refractivity contribution is 0.131. The van der Waals surface area contributed by atoms with E-state index in [1.54, 1.807) is 0 Å². The van der Waals surface area contributed by atoms with Crippen molar-refractivity contribution >= 4 is 31.1 Å². The number of nitrogens with one attached hydrogen (secondary N) is 1. The minimum atomic E-state index is -2.32. The molecule has 2 aromatic rings. The molecule has 1 heterocycles. The van der Waals surface area contributed by atoms with Gasteiger partial charge in [0.05, 0.1) is 6.10 Å². The molecule has 0 aromatic heterocycles. The van der Waals surface area contributed by atoms with Gasteiger partial charge in [0.1, 0.15) is 0 Å². The van der Waals surface area contributed by atoms with Crippen LogP contribution in [0.25, 0.3) is 0 Å². The molecule has 0 bridgehead atoms. The van der Waals surface area contributed by atoms with Crippen molar-refractivity contribution in [1.82, 2.24) is 5.32 Å². The standard InChI is InChI=1S/C19H25NOSi.ClH/c1-19(2,3)22(21-16-14-20-15-16,17-10-6-4-7-11-17)18-12-8-5-9-13-18;/h4-13,16,20H,14-15H2,1-3H3;1H. The highest BCUT2D eigenvalue weighted by molar-refractivity contribution is 6.99. The molecule has 0 aliphatic carbocycles. The van der Waals surface area contributed by atoms with Crippen LogP contribution in [0.15, 0.2) is 60.7 Å². The minimum Gasteiger partial charge on any atom is -0.402 e. The summed E-state index contributed by atoms with van der Waals surface area (Å²) >= 11 is 0. The van der Waals surface area contributed by atoms with Crippen LogP contribution in [-0.4, -0.2) is 27.5 Å². The highest BCUT2D eigenvalue weighted by atomic mass is 35.5. The van der Waals surface area contributed by atoms with E-state index in [4.69, 9.17) is 4.43 Å². The van der Waals surface area contributed by atoms with E-state index in [1.165, 1.54) is 10.4 Å². The van der Waals surface area contributed by atoms with Crippen molar-refractivity contribution < 1.29 is 4.43 Å². The van der Waals surface area contributed by atoms with Gasteiger partial charge in [0.2, 0.25) is 0 Å². The molecule has 0 spiro atoms. The molecule has 2 nitrogen and oxygen atoms in total. The van der Waals surface area contributed by atoms with Gasteiger partial charge in [-0.15, -0.1) is 12.4 Å².